The van der Waals surface area contributed by atoms with Crippen LogP contribution in [0.15, 0.2) is 5.16 Å². The molecule has 0 spiro atoms. The second-order valence-electron chi connectivity index (χ2n) is 4.44. The minimum absolute atomic E-state index is 0.0496. The summed E-state index contributed by atoms with van der Waals surface area (Å²) < 4.78 is 34.9. The Kier molecular flexibility index (Phi) is 4.50. The summed E-state index contributed by atoms with van der Waals surface area (Å²) in [6.45, 7) is 1.96. The molecule has 19 heavy (non-hydrogen) atoms. The zero-order valence-corrected chi connectivity index (χ0v) is 11.6. The Morgan fingerprint density at radius 2 is 2.32 bits per heavy atom. The molecule has 0 radical (unpaired) electrons. The Balaban J connectivity index is 2.34. The van der Waals surface area contributed by atoms with Gasteiger partial charge < -0.3 is 9.47 Å². The molecule has 1 unspecified atom stereocenters. The highest BCUT2D eigenvalue weighted by atomic mass is 32.2. The summed E-state index contributed by atoms with van der Waals surface area (Å²) in [6.07, 6.45) is 1.82. The van der Waals surface area contributed by atoms with Gasteiger partial charge in [0.1, 0.15) is 5.82 Å². The van der Waals surface area contributed by atoms with Gasteiger partial charge in [0, 0.05) is 26.2 Å². The third-order valence-corrected chi connectivity index (χ3v) is 3.86. The van der Waals surface area contributed by atoms with E-state index >= 15 is 0 Å². The van der Waals surface area contributed by atoms with Crippen molar-refractivity contribution in [1.82, 2.24) is 14.8 Å². The molecule has 1 aromatic rings. The van der Waals surface area contributed by atoms with Crippen molar-refractivity contribution in [2.75, 3.05) is 26.9 Å². The number of nitrogens with two attached hydrogens (primary N) is 1. The second kappa shape index (κ2) is 5.95. The average molecular weight is 290 g/mol. The third-order valence-electron chi connectivity index (χ3n) is 3.04. The van der Waals surface area contributed by atoms with Crippen LogP contribution in [0.25, 0.3) is 0 Å². The lowest BCUT2D eigenvalue weighted by Gasteiger charge is -2.22. The summed E-state index contributed by atoms with van der Waals surface area (Å²) in [7, 11) is -2.34. The van der Waals surface area contributed by atoms with Crippen LogP contribution in [0.4, 0.5) is 0 Å². The molecule has 108 valence electrons. The lowest BCUT2D eigenvalue weighted by atomic mass is 10.0. The van der Waals surface area contributed by atoms with Crippen molar-refractivity contribution in [3.8, 4) is 0 Å². The number of ether oxygens (including phenoxy) is 2. The van der Waals surface area contributed by atoms with Crippen LogP contribution < -0.4 is 5.14 Å². The van der Waals surface area contributed by atoms with Gasteiger partial charge in [0.2, 0.25) is 0 Å². The van der Waals surface area contributed by atoms with Crippen LogP contribution in [0.1, 0.15) is 24.6 Å². The van der Waals surface area contributed by atoms with E-state index in [2.05, 4.69) is 10.2 Å². The van der Waals surface area contributed by atoms with Crippen LogP contribution in [-0.2, 0) is 26.0 Å². The number of nitrogens with zero attached hydrogens (tertiary/aromatic N) is 3. The Morgan fingerprint density at radius 1 is 1.53 bits per heavy atom. The standard InChI is InChI=1S/C10H18N4O4S/c1-17-6-4-14-9(8-3-2-5-18-7-8)12-13-10(14)19(11,15)16/h8H,2-7H2,1H3,(H2,11,15,16). The summed E-state index contributed by atoms with van der Waals surface area (Å²) in [5.41, 5.74) is 0. The van der Waals surface area contributed by atoms with E-state index in [1.54, 1.807) is 7.11 Å². The number of aromatic nitrogens is 3. The van der Waals surface area contributed by atoms with Gasteiger partial charge in [0.15, 0.2) is 0 Å². The average Bonchev–Trinajstić information content (AvgIpc) is 2.81. The van der Waals surface area contributed by atoms with Crippen LogP contribution in [-0.4, -0.2) is 50.1 Å². The van der Waals surface area contributed by atoms with Gasteiger partial charge >= 0.3 is 0 Å². The van der Waals surface area contributed by atoms with Gasteiger partial charge in [-0.15, -0.1) is 10.2 Å². The topological polar surface area (TPSA) is 109 Å². The van der Waals surface area contributed by atoms with Gasteiger partial charge in [-0.05, 0) is 12.8 Å². The molecule has 2 N–H and O–H groups in total. The van der Waals surface area contributed by atoms with Crippen molar-refractivity contribution in [1.29, 1.82) is 0 Å². The maximum Gasteiger partial charge on any atom is 0.273 e. The molecule has 1 aliphatic rings. The largest absolute Gasteiger partial charge is 0.383 e. The van der Waals surface area contributed by atoms with Crippen molar-refractivity contribution in [3.05, 3.63) is 5.82 Å². The zero-order valence-electron chi connectivity index (χ0n) is 10.8. The normalized spacial score (nSPS) is 20.6. The predicted molar refractivity (Wildman–Crippen MR) is 66.1 cm³/mol. The Bertz CT molecular complexity index is 522. The summed E-state index contributed by atoms with van der Waals surface area (Å²) >= 11 is 0. The molecule has 0 amide bonds. The van der Waals surface area contributed by atoms with Crippen LogP contribution in [0.2, 0.25) is 0 Å². The number of rotatable bonds is 5. The molecular weight excluding hydrogens is 272 g/mol. The zero-order chi connectivity index (χ0) is 13.9. The fourth-order valence-electron chi connectivity index (χ4n) is 2.15. The first-order valence-electron chi connectivity index (χ1n) is 6.06. The molecule has 1 atom stereocenters. The van der Waals surface area contributed by atoms with Crippen molar-refractivity contribution in [3.63, 3.8) is 0 Å². The van der Waals surface area contributed by atoms with Crippen molar-refractivity contribution < 1.29 is 17.9 Å². The molecular formula is C10H18N4O4S. The molecule has 0 aromatic carbocycles. The second-order valence-corrected chi connectivity index (χ2v) is 5.90. The first kappa shape index (κ1) is 14.4. The van der Waals surface area contributed by atoms with Gasteiger partial charge in [-0.1, -0.05) is 0 Å². The van der Waals surface area contributed by atoms with E-state index in [0.29, 0.717) is 25.6 Å². The number of sulfonamides is 1. The van der Waals surface area contributed by atoms with Crippen molar-refractivity contribution in [2.24, 2.45) is 5.14 Å². The molecule has 0 saturated carbocycles. The summed E-state index contributed by atoms with van der Waals surface area (Å²) in [5, 5.41) is 12.6. The van der Waals surface area contributed by atoms with Crippen LogP contribution in [0, 0.1) is 0 Å². The monoisotopic (exact) mass is 290 g/mol. The van der Waals surface area contributed by atoms with Crippen LogP contribution in [0.5, 0.6) is 0 Å². The fourth-order valence-corrected chi connectivity index (χ4v) is 2.80. The molecule has 1 aliphatic heterocycles. The summed E-state index contributed by atoms with van der Waals surface area (Å²) in [6, 6.07) is 0. The van der Waals surface area contributed by atoms with E-state index in [1.807, 2.05) is 0 Å². The number of hydrogen-bond donors (Lipinski definition) is 1. The van der Waals surface area contributed by atoms with E-state index in [4.69, 9.17) is 14.6 Å². The molecule has 2 heterocycles. The number of primary sulfonamides is 1. The maximum absolute atomic E-state index is 11.5. The van der Waals surface area contributed by atoms with Crippen LogP contribution in [0.3, 0.4) is 0 Å². The molecule has 0 bridgehead atoms. The highest BCUT2D eigenvalue weighted by molar-refractivity contribution is 7.89. The van der Waals surface area contributed by atoms with E-state index in [-0.39, 0.29) is 11.1 Å². The van der Waals surface area contributed by atoms with Crippen molar-refractivity contribution >= 4 is 10.0 Å². The Hall–Kier alpha value is -1.03. The van der Waals surface area contributed by atoms with Gasteiger partial charge in [0.25, 0.3) is 15.2 Å². The van der Waals surface area contributed by atoms with E-state index in [0.717, 1.165) is 19.4 Å². The first-order valence-corrected chi connectivity index (χ1v) is 7.61. The SMILES string of the molecule is COCCn1c(C2CCCOC2)nnc1S(N)(=O)=O. The summed E-state index contributed by atoms with van der Waals surface area (Å²) in [5.74, 6) is 0.648. The molecule has 8 nitrogen and oxygen atoms in total. The smallest absolute Gasteiger partial charge is 0.273 e. The highest BCUT2D eigenvalue weighted by Crippen LogP contribution is 2.25. The van der Waals surface area contributed by atoms with Gasteiger partial charge in [-0.3, -0.25) is 4.57 Å². The fraction of sp³-hybridized carbons (Fsp3) is 0.800. The van der Waals surface area contributed by atoms with E-state index in [9.17, 15) is 8.42 Å². The predicted octanol–water partition coefficient (Wildman–Crippen LogP) is -0.534. The van der Waals surface area contributed by atoms with Crippen LogP contribution >= 0.6 is 0 Å². The Morgan fingerprint density at radius 3 is 2.89 bits per heavy atom. The van der Waals surface area contributed by atoms with Gasteiger partial charge in [0.05, 0.1) is 13.2 Å². The minimum atomic E-state index is -3.89. The molecule has 0 aliphatic carbocycles. The summed E-state index contributed by atoms with van der Waals surface area (Å²) in [4.78, 5) is 0. The van der Waals surface area contributed by atoms with E-state index < -0.39 is 10.0 Å². The molecule has 1 aromatic heterocycles. The first-order chi connectivity index (χ1) is 9.04. The van der Waals surface area contributed by atoms with Gasteiger partial charge in [-0.25, -0.2) is 13.6 Å². The lowest BCUT2D eigenvalue weighted by molar-refractivity contribution is 0.0760. The third kappa shape index (κ3) is 3.30. The molecule has 9 heteroatoms. The maximum atomic E-state index is 11.5. The Labute approximate surface area is 111 Å². The number of methoxy groups -OCH3 is 1. The quantitative estimate of drug-likeness (QED) is 0.780. The minimum Gasteiger partial charge on any atom is -0.383 e. The highest BCUT2D eigenvalue weighted by Gasteiger charge is 2.27. The molecule has 1 saturated heterocycles. The number of hydrogen-bond acceptors (Lipinski definition) is 6. The molecule has 2 rings (SSSR count). The molecule has 1 fully saturated rings. The lowest BCUT2D eigenvalue weighted by Crippen LogP contribution is -2.24. The van der Waals surface area contributed by atoms with Crippen molar-refractivity contribution in [2.45, 2.75) is 30.5 Å². The van der Waals surface area contributed by atoms with E-state index in [1.165, 1.54) is 4.57 Å². The van der Waals surface area contributed by atoms with Gasteiger partial charge in [-0.2, -0.15) is 0 Å².